The van der Waals surface area contributed by atoms with Crippen molar-refractivity contribution in [3.05, 3.63) is 47.4 Å². The molecule has 2 rings (SSSR count). The van der Waals surface area contributed by atoms with Crippen LogP contribution < -0.4 is 10.6 Å². The smallest absolute Gasteiger partial charge is 0.275 e. The number of amides is 1. The molecule has 20 heavy (non-hydrogen) atoms. The standard InChI is InChI=1S/C15H18N4O/c1-4-17-14-9-16-8-13(18-14)15(20)19-12-6-5-10(2)7-11(12)3/h5-9H,4H2,1-3H3,(H,17,18)(H,19,20). The Morgan fingerprint density at radius 2 is 2.05 bits per heavy atom. The molecule has 0 fully saturated rings. The van der Waals surface area contributed by atoms with Crippen molar-refractivity contribution in [2.24, 2.45) is 0 Å². The zero-order chi connectivity index (χ0) is 14.5. The molecule has 0 aliphatic rings. The van der Waals surface area contributed by atoms with E-state index in [4.69, 9.17) is 0 Å². The van der Waals surface area contributed by atoms with Gasteiger partial charge in [0, 0.05) is 12.2 Å². The Morgan fingerprint density at radius 3 is 2.75 bits per heavy atom. The number of nitrogens with zero attached hydrogens (tertiary/aromatic N) is 2. The summed E-state index contributed by atoms with van der Waals surface area (Å²) in [6.07, 6.45) is 3.05. The molecular formula is C15H18N4O. The van der Waals surface area contributed by atoms with E-state index in [-0.39, 0.29) is 5.91 Å². The molecule has 1 heterocycles. The summed E-state index contributed by atoms with van der Waals surface area (Å²) in [6.45, 7) is 6.67. The van der Waals surface area contributed by atoms with Crippen LogP contribution in [0, 0.1) is 13.8 Å². The Balaban J connectivity index is 2.17. The summed E-state index contributed by atoms with van der Waals surface area (Å²) < 4.78 is 0. The van der Waals surface area contributed by atoms with Gasteiger partial charge in [0.05, 0.1) is 12.4 Å². The molecule has 5 nitrogen and oxygen atoms in total. The van der Waals surface area contributed by atoms with Gasteiger partial charge in [0.25, 0.3) is 5.91 Å². The number of carbonyl (C=O) groups is 1. The topological polar surface area (TPSA) is 66.9 Å². The van der Waals surface area contributed by atoms with E-state index in [9.17, 15) is 4.79 Å². The van der Waals surface area contributed by atoms with E-state index in [1.54, 1.807) is 6.20 Å². The Kier molecular flexibility index (Phi) is 4.30. The molecule has 0 unspecified atom stereocenters. The highest BCUT2D eigenvalue weighted by molar-refractivity contribution is 6.03. The summed E-state index contributed by atoms with van der Waals surface area (Å²) in [5.74, 6) is 0.338. The van der Waals surface area contributed by atoms with Gasteiger partial charge in [0.1, 0.15) is 11.5 Å². The lowest BCUT2D eigenvalue weighted by Crippen LogP contribution is -2.15. The van der Waals surface area contributed by atoms with E-state index in [0.29, 0.717) is 11.5 Å². The molecule has 2 N–H and O–H groups in total. The van der Waals surface area contributed by atoms with Gasteiger partial charge in [-0.25, -0.2) is 4.98 Å². The first-order chi connectivity index (χ1) is 9.60. The van der Waals surface area contributed by atoms with Crippen LogP contribution in [0.3, 0.4) is 0 Å². The van der Waals surface area contributed by atoms with Crippen LogP contribution in [0.1, 0.15) is 28.5 Å². The summed E-state index contributed by atoms with van der Waals surface area (Å²) in [4.78, 5) is 20.4. The third kappa shape index (κ3) is 3.32. The molecule has 0 saturated heterocycles. The molecule has 0 aliphatic carbocycles. The number of nitrogens with one attached hydrogen (secondary N) is 2. The van der Waals surface area contributed by atoms with Crippen molar-refractivity contribution in [1.29, 1.82) is 0 Å². The summed E-state index contributed by atoms with van der Waals surface area (Å²) in [6, 6.07) is 5.88. The average molecular weight is 270 g/mol. The fourth-order valence-corrected chi connectivity index (χ4v) is 1.88. The van der Waals surface area contributed by atoms with Crippen molar-refractivity contribution in [2.45, 2.75) is 20.8 Å². The Labute approximate surface area is 118 Å². The van der Waals surface area contributed by atoms with E-state index >= 15 is 0 Å². The molecule has 0 atom stereocenters. The molecule has 1 aromatic carbocycles. The highest BCUT2D eigenvalue weighted by atomic mass is 16.1. The second-order valence-corrected chi connectivity index (χ2v) is 4.59. The second-order valence-electron chi connectivity index (χ2n) is 4.59. The van der Waals surface area contributed by atoms with Crippen LogP contribution in [-0.4, -0.2) is 22.4 Å². The average Bonchev–Trinajstić information content (AvgIpc) is 2.42. The van der Waals surface area contributed by atoms with E-state index in [2.05, 4.69) is 20.6 Å². The number of hydrogen-bond acceptors (Lipinski definition) is 4. The lowest BCUT2D eigenvalue weighted by Gasteiger charge is -2.09. The van der Waals surface area contributed by atoms with E-state index in [1.165, 1.54) is 6.20 Å². The quantitative estimate of drug-likeness (QED) is 0.896. The monoisotopic (exact) mass is 270 g/mol. The van der Waals surface area contributed by atoms with Gasteiger partial charge in [0.2, 0.25) is 0 Å². The van der Waals surface area contributed by atoms with Gasteiger partial charge in [-0.3, -0.25) is 9.78 Å². The molecular weight excluding hydrogens is 252 g/mol. The SMILES string of the molecule is CCNc1cncc(C(=O)Nc2ccc(C)cc2C)n1. The maximum atomic E-state index is 12.2. The number of benzene rings is 1. The first kappa shape index (κ1) is 14.0. The van der Waals surface area contributed by atoms with Crippen molar-refractivity contribution < 1.29 is 4.79 Å². The van der Waals surface area contributed by atoms with Crippen LogP contribution >= 0.6 is 0 Å². The van der Waals surface area contributed by atoms with Crippen LogP contribution in [0.25, 0.3) is 0 Å². The summed E-state index contributed by atoms with van der Waals surface area (Å²) in [7, 11) is 0. The number of anilines is 2. The van der Waals surface area contributed by atoms with Crippen molar-refractivity contribution >= 4 is 17.4 Å². The van der Waals surface area contributed by atoms with Gasteiger partial charge in [-0.2, -0.15) is 0 Å². The van der Waals surface area contributed by atoms with Crippen molar-refractivity contribution in [2.75, 3.05) is 17.2 Å². The minimum atomic E-state index is -0.260. The lowest BCUT2D eigenvalue weighted by atomic mass is 10.1. The number of carbonyl (C=O) groups excluding carboxylic acids is 1. The van der Waals surface area contributed by atoms with E-state index < -0.39 is 0 Å². The third-order valence-corrected chi connectivity index (χ3v) is 2.86. The molecule has 1 amide bonds. The van der Waals surface area contributed by atoms with Crippen molar-refractivity contribution in [3.63, 3.8) is 0 Å². The normalized spacial score (nSPS) is 10.2. The Morgan fingerprint density at radius 1 is 1.25 bits per heavy atom. The molecule has 0 aliphatic heterocycles. The van der Waals surface area contributed by atoms with Gasteiger partial charge in [-0.1, -0.05) is 17.7 Å². The zero-order valence-corrected chi connectivity index (χ0v) is 11.9. The van der Waals surface area contributed by atoms with Gasteiger partial charge in [-0.05, 0) is 32.4 Å². The molecule has 2 aromatic rings. The fourth-order valence-electron chi connectivity index (χ4n) is 1.88. The predicted molar refractivity (Wildman–Crippen MR) is 80.1 cm³/mol. The molecule has 5 heteroatoms. The van der Waals surface area contributed by atoms with E-state index in [0.717, 1.165) is 23.4 Å². The molecule has 104 valence electrons. The number of hydrogen-bond donors (Lipinski definition) is 2. The van der Waals surface area contributed by atoms with Crippen molar-refractivity contribution in [3.8, 4) is 0 Å². The van der Waals surface area contributed by atoms with Crippen LogP contribution in [0.4, 0.5) is 11.5 Å². The largest absolute Gasteiger partial charge is 0.369 e. The lowest BCUT2D eigenvalue weighted by molar-refractivity contribution is 0.102. The van der Waals surface area contributed by atoms with Gasteiger partial charge >= 0.3 is 0 Å². The van der Waals surface area contributed by atoms with Gasteiger partial charge in [0.15, 0.2) is 0 Å². The van der Waals surface area contributed by atoms with Crippen LogP contribution in [0.5, 0.6) is 0 Å². The zero-order valence-electron chi connectivity index (χ0n) is 11.9. The first-order valence-electron chi connectivity index (χ1n) is 6.54. The summed E-state index contributed by atoms with van der Waals surface area (Å²) >= 11 is 0. The summed E-state index contributed by atoms with van der Waals surface area (Å²) in [5, 5.41) is 5.89. The molecule has 0 radical (unpaired) electrons. The number of aryl methyl sites for hydroxylation is 2. The third-order valence-electron chi connectivity index (χ3n) is 2.86. The Hall–Kier alpha value is -2.43. The minimum Gasteiger partial charge on any atom is -0.369 e. The first-order valence-corrected chi connectivity index (χ1v) is 6.54. The summed E-state index contributed by atoms with van der Waals surface area (Å²) in [5.41, 5.74) is 3.27. The fraction of sp³-hybridized carbons (Fsp3) is 0.267. The van der Waals surface area contributed by atoms with Gasteiger partial charge < -0.3 is 10.6 Å². The highest BCUT2D eigenvalue weighted by Gasteiger charge is 2.10. The van der Waals surface area contributed by atoms with Crippen molar-refractivity contribution in [1.82, 2.24) is 9.97 Å². The predicted octanol–water partition coefficient (Wildman–Crippen LogP) is 2.78. The number of aromatic nitrogens is 2. The molecule has 0 spiro atoms. The highest BCUT2D eigenvalue weighted by Crippen LogP contribution is 2.16. The number of rotatable bonds is 4. The molecule has 1 aromatic heterocycles. The molecule has 0 saturated carbocycles. The maximum Gasteiger partial charge on any atom is 0.275 e. The van der Waals surface area contributed by atoms with E-state index in [1.807, 2.05) is 39.0 Å². The van der Waals surface area contributed by atoms with Gasteiger partial charge in [-0.15, -0.1) is 0 Å². The minimum absolute atomic E-state index is 0.260. The Bertz CT molecular complexity index is 625. The van der Waals surface area contributed by atoms with Crippen LogP contribution in [0.2, 0.25) is 0 Å². The maximum absolute atomic E-state index is 12.2. The van der Waals surface area contributed by atoms with Crippen LogP contribution in [-0.2, 0) is 0 Å². The molecule has 0 bridgehead atoms. The second kappa shape index (κ2) is 6.14. The van der Waals surface area contributed by atoms with Crippen LogP contribution in [0.15, 0.2) is 30.6 Å².